The Kier molecular flexibility index (Phi) is 10.1. The molecule has 0 radical (unpaired) electrons. The highest BCUT2D eigenvalue weighted by molar-refractivity contribution is 5.88. The first-order chi connectivity index (χ1) is 14.4. The predicted molar refractivity (Wildman–Crippen MR) is 120 cm³/mol. The Hall–Kier alpha value is -1.59. The van der Waals surface area contributed by atoms with Gasteiger partial charge in [0, 0.05) is 38.5 Å². The molecule has 1 saturated carbocycles. The Bertz CT molecular complexity index is 574. The summed E-state index contributed by atoms with van der Waals surface area (Å²) >= 11 is 0. The second-order valence-electron chi connectivity index (χ2n) is 9.44. The van der Waals surface area contributed by atoms with Gasteiger partial charge in [0.2, 0.25) is 17.7 Å². The van der Waals surface area contributed by atoms with Crippen LogP contribution in [-0.2, 0) is 14.4 Å². The third kappa shape index (κ3) is 6.98. The lowest BCUT2D eigenvalue weighted by Gasteiger charge is -2.41. The number of unbranched alkanes of at least 4 members (excludes halogenated alkanes) is 1. The van der Waals surface area contributed by atoms with Crippen LogP contribution in [-0.4, -0.2) is 59.2 Å². The molecular weight excluding hydrogens is 378 g/mol. The molecule has 0 spiro atoms. The zero-order valence-corrected chi connectivity index (χ0v) is 19.6. The minimum absolute atomic E-state index is 0.000830. The molecule has 6 heteroatoms. The number of nitrogens with one attached hydrogen (secondary N) is 1. The molecular formula is C24H43N3O3. The molecule has 0 aromatic carbocycles. The van der Waals surface area contributed by atoms with Crippen LogP contribution in [0.5, 0.6) is 0 Å². The molecule has 0 bridgehead atoms. The first kappa shape index (κ1) is 24.7. The number of carbonyl (C=O) groups is 3. The summed E-state index contributed by atoms with van der Waals surface area (Å²) in [7, 11) is 0. The van der Waals surface area contributed by atoms with Gasteiger partial charge in [-0.2, -0.15) is 0 Å². The molecule has 3 atom stereocenters. The van der Waals surface area contributed by atoms with Crippen molar-refractivity contribution >= 4 is 17.7 Å². The smallest absolute Gasteiger partial charge is 0.245 e. The Labute approximate surface area is 183 Å². The van der Waals surface area contributed by atoms with Crippen LogP contribution < -0.4 is 5.32 Å². The minimum Gasteiger partial charge on any atom is -0.344 e. The van der Waals surface area contributed by atoms with Crippen LogP contribution >= 0.6 is 0 Å². The van der Waals surface area contributed by atoms with Crippen molar-refractivity contribution in [3.8, 4) is 0 Å². The lowest BCUT2D eigenvalue weighted by atomic mass is 9.96. The van der Waals surface area contributed by atoms with E-state index in [0.29, 0.717) is 32.5 Å². The molecule has 6 nitrogen and oxygen atoms in total. The van der Waals surface area contributed by atoms with Gasteiger partial charge in [-0.25, -0.2) is 0 Å². The standard InChI is InChI=1S/C24H43N3O3/c1-5-7-12-21(28)25-23(18(3)6-2)24(30)26-15-16-27(19(4)17-26)22(29)14-13-20-10-8-9-11-20/h18-20,23H,5-17H2,1-4H3,(H,25,28). The zero-order chi connectivity index (χ0) is 22.1. The fraction of sp³-hybridized carbons (Fsp3) is 0.875. The van der Waals surface area contributed by atoms with E-state index in [0.717, 1.165) is 31.6 Å². The highest BCUT2D eigenvalue weighted by Gasteiger charge is 2.35. The number of rotatable bonds is 10. The first-order valence-electron chi connectivity index (χ1n) is 12.2. The largest absolute Gasteiger partial charge is 0.344 e. The third-order valence-corrected chi connectivity index (χ3v) is 7.05. The highest BCUT2D eigenvalue weighted by Crippen LogP contribution is 2.29. The molecule has 2 rings (SSSR count). The summed E-state index contributed by atoms with van der Waals surface area (Å²) in [4.78, 5) is 42.1. The van der Waals surface area contributed by atoms with Gasteiger partial charge in [-0.3, -0.25) is 14.4 Å². The van der Waals surface area contributed by atoms with E-state index in [9.17, 15) is 14.4 Å². The van der Waals surface area contributed by atoms with E-state index < -0.39 is 6.04 Å². The molecule has 172 valence electrons. The molecule has 30 heavy (non-hydrogen) atoms. The lowest BCUT2D eigenvalue weighted by Crippen LogP contribution is -2.60. The molecule has 2 aliphatic rings. The van der Waals surface area contributed by atoms with E-state index in [1.165, 1.54) is 25.7 Å². The number of nitrogens with zero attached hydrogens (tertiary/aromatic N) is 2. The van der Waals surface area contributed by atoms with Gasteiger partial charge >= 0.3 is 0 Å². The van der Waals surface area contributed by atoms with Crippen molar-refractivity contribution in [3.05, 3.63) is 0 Å². The summed E-state index contributed by atoms with van der Waals surface area (Å²) < 4.78 is 0. The highest BCUT2D eigenvalue weighted by atomic mass is 16.2. The Morgan fingerprint density at radius 3 is 2.37 bits per heavy atom. The second-order valence-corrected chi connectivity index (χ2v) is 9.44. The Balaban J connectivity index is 1.89. The van der Waals surface area contributed by atoms with E-state index in [1.54, 1.807) is 0 Å². The van der Waals surface area contributed by atoms with E-state index in [2.05, 4.69) is 12.2 Å². The van der Waals surface area contributed by atoms with Gasteiger partial charge in [0.05, 0.1) is 0 Å². The average Bonchev–Trinajstić information content (AvgIpc) is 3.26. The fourth-order valence-electron chi connectivity index (χ4n) is 4.76. The summed E-state index contributed by atoms with van der Waals surface area (Å²) in [5, 5.41) is 2.99. The molecule has 1 saturated heterocycles. The number of carbonyl (C=O) groups excluding carboxylic acids is 3. The van der Waals surface area contributed by atoms with Crippen molar-refractivity contribution in [2.75, 3.05) is 19.6 Å². The maximum Gasteiger partial charge on any atom is 0.245 e. The van der Waals surface area contributed by atoms with Gasteiger partial charge in [0.15, 0.2) is 0 Å². The van der Waals surface area contributed by atoms with Crippen molar-refractivity contribution in [1.29, 1.82) is 0 Å². The number of piperazine rings is 1. The van der Waals surface area contributed by atoms with Crippen LogP contribution in [0.1, 0.15) is 91.9 Å². The summed E-state index contributed by atoms with van der Waals surface area (Å²) in [5.74, 6) is 1.00. The molecule has 1 aliphatic heterocycles. The average molecular weight is 422 g/mol. The zero-order valence-electron chi connectivity index (χ0n) is 19.6. The van der Waals surface area contributed by atoms with Crippen LogP contribution in [0.15, 0.2) is 0 Å². The summed E-state index contributed by atoms with van der Waals surface area (Å²) in [6.07, 6.45) is 9.89. The third-order valence-electron chi connectivity index (χ3n) is 7.05. The normalized spacial score (nSPS) is 22.1. The summed E-state index contributed by atoms with van der Waals surface area (Å²) in [6.45, 7) is 9.85. The first-order valence-corrected chi connectivity index (χ1v) is 12.2. The van der Waals surface area contributed by atoms with E-state index in [4.69, 9.17) is 0 Å². The van der Waals surface area contributed by atoms with Crippen molar-refractivity contribution in [3.63, 3.8) is 0 Å². The Morgan fingerprint density at radius 1 is 1.07 bits per heavy atom. The van der Waals surface area contributed by atoms with Crippen LogP contribution in [0.4, 0.5) is 0 Å². The molecule has 1 heterocycles. The van der Waals surface area contributed by atoms with E-state index in [-0.39, 0.29) is 29.7 Å². The van der Waals surface area contributed by atoms with Crippen molar-refractivity contribution in [1.82, 2.24) is 15.1 Å². The number of amides is 3. The molecule has 3 unspecified atom stereocenters. The monoisotopic (exact) mass is 421 g/mol. The maximum atomic E-state index is 13.2. The Morgan fingerprint density at radius 2 is 1.77 bits per heavy atom. The fourth-order valence-corrected chi connectivity index (χ4v) is 4.76. The van der Waals surface area contributed by atoms with Crippen molar-refractivity contribution < 1.29 is 14.4 Å². The van der Waals surface area contributed by atoms with Gasteiger partial charge in [0.1, 0.15) is 6.04 Å². The molecule has 3 amide bonds. The summed E-state index contributed by atoms with van der Waals surface area (Å²) in [5.41, 5.74) is 0. The van der Waals surface area contributed by atoms with Crippen molar-refractivity contribution in [2.45, 2.75) is 104 Å². The summed E-state index contributed by atoms with van der Waals surface area (Å²) in [6, 6.07) is -0.455. The van der Waals surface area contributed by atoms with E-state index >= 15 is 0 Å². The van der Waals surface area contributed by atoms with Gasteiger partial charge < -0.3 is 15.1 Å². The number of hydrogen-bond acceptors (Lipinski definition) is 3. The van der Waals surface area contributed by atoms with Gasteiger partial charge in [-0.15, -0.1) is 0 Å². The minimum atomic E-state index is -0.476. The maximum absolute atomic E-state index is 13.2. The van der Waals surface area contributed by atoms with Crippen LogP contribution in [0.25, 0.3) is 0 Å². The van der Waals surface area contributed by atoms with Crippen LogP contribution in [0, 0.1) is 11.8 Å². The molecule has 0 aromatic rings. The second kappa shape index (κ2) is 12.3. The van der Waals surface area contributed by atoms with E-state index in [1.807, 2.05) is 30.6 Å². The van der Waals surface area contributed by atoms with Gasteiger partial charge in [0.25, 0.3) is 0 Å². The molecule has 0 aromatic heterocycles. The SMILES string of the molecule is CCCCC(=O)NC(C(=O)N1CCN(C(=O)CCC2CCCC2)C(C)C1)C(C)CC. The molecule has 2 fully saturated rings. The van der Waals surface area contributed by atoms with Gasteiger partial charge in [-0.1, -0.05) is 59.3 Å². The lowest BCUT2D eigenvalue weighted by molar-refractivity contribution is -0.145. The topological polar surface area (TPSA) is 69.7 Å². The number of hydrogen-bond donors (Lipinski definition) is 1. The van der Waals surface area contributed by atoms with Crippen LogP contribution in [0.3, 0.4) is 0 Å². The molecule has 1 aliphatic carbocycles. The van der Waals surface area contributed by atoms with Crippen LogP contribution in [0.2, 0.25) is 0 Å². The molecule has 1 N–H and O–H groups in total. The van der Waals surface area contributed by atoms with Gasteiger partial charge in [-0.05, 0) is 31.6 Å². The quantitative estimate of drug-likeness (QED) is 0.584. The van der Waals surface area contributed by atoms with Crippen molar-refractivity contribution in [2.24, 2.45) is 11.8 Å². The predicted octanol–water partition coefficient (Wildman–Crippen LogP) is 3.74.